The Labute approximate surface area is 431 Å². The van der Waals surface area contributed by atoms with E-state index in [0.29, 0.717) is 66.6 Å². The first-order valence-corrected chi connectivity index (χ1v) is 25.9. The van der Waals surface area contributed by atoms with E-state index in [1.807, 2.05) is 79.7 Å². The largest absolute Gasteiger partial charge is 0.486 e. The Morgan fingerprint density at radius 1 is 0.811 bits per heavy atom. The van der Waals surface area contributed by atoms with Gasteiger partial charge in [-0.15, -0.1) is 6.42 Å². The number of fused-ring (bicyclic) bond motifs is 4. The van der Waals surface area contributed by atoms with Gasteiger partial charge in [0.15, 0.2) is 5.75 Å². The molecule has 12 rings (SSSR count). The fourth-order valence-electron chi connectivity index (χ4n) is 11.5. The molecule has 11 nitrogen and oxygen atoms in total. The summed E-state index contributed by atoms with van der Waals surface area (Å²) >= 11 is 0. The van der Waals surface area contributed by atoms with Crippen molar-refractivity contribution < 1.29 is 28.1 Å². The van der Waals surface area contributed by atoms with E-state index in [-0.39, 0.29) is 48.4 Å². The Bertz CT molecular complexity index is 3340. The fraction of sp³-hybridized carbons (Fsp3) is 0.323. The summed E-state index contributed by atoms with van der Waals surface area (Å²) in [5, 5.41) is 6.99. The van der Waals surface area contributed by atoms with Gasteiger partial charge in [0.05, 0.1) is 30.8 Å². The number of anilines is 1. The number of carbonyl (C=O) groups is 1. The molecule has 0 N–H and O–H groups in total. The van der Waals surface area contributed by atoms with E-state index >= 15 is 4.39 Å². The van der Waals surface area contributed by atoms with Crippen LogP contribution >= 0.6 is 0 Å². The number of likely N-dealkylation sites (tertiary alicyclic amines) is 1. The van der Waals surface area contributed by atoms with Crippen LogP contribution in [-0.4, -0.2) is 81.3 Å². The minimum absolute atomic E-state index is 0.0279. The topological polar surface area (TPSA) is 104 Å². The molecular weight excluding hydrogens is 928 g/mol. The number of ether oxygens (including phenoxy) is 4. The molecule has 3 saturated heterocycles. The van der Waals surface area contributed by atoms with Crippen molar-refractivity contribution in [3.05, 3.63) is 178 Å². The third kappa shape index (κ3) is 8.56. The Morgan fingerprint density at radius 2 is 1.49 bits per heavy atom. The van der Waals surface area contributed by atoms with Gasteiger partial charge >= 0.3 is 12.1 Å². The third-order valence-corrected chi connectivity index (χ3v) is 15.2. The van der Waals surface area contributed by atoms with Crippen LogP contribution in [0.5, 0.6) is 11.8 Å². The molecule has 1 aliphatic carbocycles. The quantitative estimate of drug-likeness (QED) is 0.0825. The van der Waals surface area contributed by atoms with Crippen LogP contribution in [0.25, 0.3) is 32.9 Å². The van der Waals surface area contributed by atoms with E-state index in [0.717, 1.165) is 75.4 Å². The van der Waals surface area contributed by atoms with Gasteiger partial charge < -0.3 is 28.7 Å². The van der Waals surface area contributed by atoms with Crippen molar-refractivity contribution in [1.82, 2.24) is 24.6 Å². The normalized spacial score (nSPS) is 18.6. The number of terminal acetylenes is 1. The molecule has 5 heterocycles. The van der Waals surface area contributed by atoms with Crippen LogP contribution in [0.1, 0.15) is 91.3 Å². The Balaban J connectivity index is 1.10. The highest BCUT2D eigenvalue weighted by Crippen LogP contribution is 2.54. The lowest BCUT2D eigenvalue weighted by molar-refractivity contribution is 0.0214. The average Bonchev–Trinajstić information content (AvgIpc) is 3.72. The standard InChI is InChI=1S/C62H59FN6O5/c1-6-40-22-24-41(25-23-40)37-72-57-55(54-39(2)52(63)32-53-51(54)35-69(66-53)62(44-16-10-7-11-17-44,45-18-12-8-13-19-45)46-20-14-9-15-21-46)49(43-26-27-43)31-50-56(57)64-59(73-38-42-28-29-71-36-42)65-58(50)67-33-48-30-47(67)34-68(48)60(70)74-61(3,4)5/h1,7-25,31-32,35,42-43,47-48H,26-30,33-34,36-38H2,2-5H3/t42-,47-,48-/m0/s1. The van der Waals surface area contributed by atoms with Crippen molar-refractivity contribution in [3.8, 4) is 35.2 Å². The summed E-state index contributed by atoms with van der Waals surface area (Å²) in [5.41, 5.74) is 7.10. The molecular formula is C62H59FN6O5. The van der Waals surface area contributed by atoms with Gasteiger partial charge in [0, 0.05) is 65.3 Å². The van der Waals surface area contributed by atoms with Crippen molar-refractivity contribution in [1.29, 1.82) is 0 Å². The van der Waals surface area contributed by atoms with E-state index in [1.54, 1.807) is 6.07 Å². The molecule has 1 amide bonds. The molecule has 3 atom stereocenters. The van der Waals surface area contributed by atoms with Crippen molar-refractivity contribution in [3.63, 3.8) is 0 Å². The van der Waals surface area contributed by atoms with Crippen LogP contribution in [0.3, 0.4) is 0 Å². The number of halogens is 1. The molecule has 0 radical (unpaired) electrons. The third-order valence-electron chi connectivity index (χ3n) is 15.2. The molecule has 6 aromatic carbocycles. The van der Waals surface area contributed by atoms with Crippen LogP contribution < -0.4 is 14.4 Å². The molecule has 8 aromatic rings. The van der Waals surface area contributed by atoms with Crippen molar-refractivity contribution in [2.45, 2.75) is 89.1 Å². The van der Waals surface area contributed by atoms with E-state index < -0.39 is 11.1 Å². The summed E-state index contributed by atoms with van der Waals surface area (Å²) in [4.78, 5) is 28.3. The lowest BCUT2D eigenvalue weighted by Crippen LogP contribution is -2.50. The summed E-state index contributed by atoms with van der Waals surface area (Å²) in [6, 6.07) is 42.8. The summed E-state index contributed by atoms with van der Waals surface area (Å²) in [7, 11) is 0. The van der Waals surface area contributed by atoms with Crippen LogP contribution in [0.15, 0.2) is 134 Å². The summed E-state index contributed by atoms with van der Waals surface area (Å²) in [6.45, 7) is 10.4. The van der Waals surface area contributed by atoms with Gasteiger partial charge in [-0.2, -0.15) is 15.1 Å². The SMILES string of the molecule is C#Cc1ccc(COc2c(-c3c(C)c(F)cc4nn(C(c5ccccc5)(c5ccccc5)c5ccccc5)cc34)c(C3CC3)cc3c(N4C[C@@H]5C[C@H]4CN5C(=O)OC(C)(C)C)nc(OC[C@H]4CCOC4)nc23)cc1. The first-order valence-electron chi connectivity index (χ1n) is 25.9. The Morgan fingerprint density at radius 3 is 2.07 bits per heavy atom. The predicted molar refractivity (Wildman–Crippen MR) is 285 cm³/mol. The zero-order valence-electron chi connectivity index (χ0n) is 42.3. The number of rotatable bonds is 13. The van der Waals surface area contributed by atoms with E-state index in [4.69, 9.17) is 40.4 Å². The number of hydrogen-bond donors (Lipinski definition) is 0. The van der Waals surface area contributed by atoms with Crippen LogP contribution in [-0.2, 0) is 21.6 Å². The number of carbonyl (C=O) groups excluding carboxylic acids is 1. The highest BCUT2D eigenvalue weighted by Gasteiger charge is 2.48. The predicted octanol–water partition coefficient (Wildman–Crippen LogP) is 12.0. The number of nitrogens with zero attached hydrogens (tertiary/aromatic N) is 6. The second kappa shape index (κ2) is 18.9. The van der Waals surface area contributed by atoms with Gasteiger partial charge in [-0.05, 0) is 111 Å². The van der Waals surface area contributed by atoms with Crippen molar-refractivity contribution in [2.24, 2.45) is 5.92 Å². The second-order valence-corrected chi connectivity index (χ2v) is 21.3. The number of aromatic nitrogens is 4. The molecule has 2 bridgehead atoms. The van der Waals surface area contributed by atoms with E-state index in [9.17, 15) is 4.79 Å². The smallest absolute Gasteiger partial charge is 0.410 e. The lowest BCUT2D eigenvalue weighted by atomic mass is 9.77. The summed E-state index contributed by atoms with van der Waals surface area (Å²) < 4.78 is 44.7. The van der Waals surface area contributed by atoms with Gasteiger partial charge in [0.25, 0.3) is 0 Å². The Hall–Kier alpha value is -7.75. The molecule has 2 aromatic heterocycles. The number of benzene rings is 6. The first kappa shape index (κ1) is 47.3. The maximum atomic E-state index is 17.2. The van der Waals surface area contributed by atoms with Crippen LogP contribution in [0.2, 0.25) is 0 Å². The van der Waals surface area contributed by atoms with Crippen LogP contribution in [0.4, 0.5) is 15.0 Å². The van der Waals surface area contributed by atoms with Gasteiger partial charge in [0.2, 0.25) is 0 Å². The van der Waals surface area contributed by atoms with Crippen molar-refractivity contribution in [2.75, 3.05) is 37.8 Å². The van der Waals surface area contributed by atoms with Gasteiger partial charge in [-0.3, -0.25) is 4.68 Å². The highest BCUT2D eigenvalue weighted by molar-refractivity contribution is 6.06. The molecule has 3 aliphatic heterocycles. The first-order chi connectivity index (χ1) is 36.0. The zero-order valence-corrected chi connectivity index (χ0v) is 42.3. The average molecular weight is 987 g/mol. The molecule has 4 fully saturated rings. The van der Waals surface area contributed by atoms with Crippen LogP contribution in [0, 0.1) is 31.0 Å². The minimum Gasteiger partial charge on any atom is -0.486 e. The minimum atomic E-state index is -0.954. The monoisotopic (exact) mass is 986 g/mol. The maximum absolute atomic E-state index is 17.2. The molecule has 4 aliphatic rings. The van der Waals surface area contributed by atoms with E-state index in [2.05, 4.69) is 95.9 Å². The number of amides is 1. The fourth-order valence-corrected chi connectivity index (χ4v) is 11.5. The molecule has 74 heavy (non-hydrogen) atoms. The molecule has 1 saturated carbocycles. The maximum Gasteiger partial charge on any atom is 0.410 e. The molecule has 0 unspecified atom stereocenters. The number of piperazine rings is 1. The zero-order chi connectivity index (χ0) is 50.7. The Kier molecular flexibility index (Phi) is 12.1. The van der Waals surface area contributed by atoms with Gasteiger partial charge in [-0.25, -0.2) is 9.18 Å². The summed E-state index contributed by atoms with van der Waals surface area (Å²) in [5.74, 6) is 3.91. The van der Waals surface area contributed by atoms with Gasteiger partial charge in [-0.1, -0.05) is 109 Å². The molecule has 374 valence electrons. The summed E-state index contributed by atoms with van der Waals surface area (Å²) in [6.07, 6.45) is 11.1. The molecule has 0 spiro atoms. The van der Waals surface area contributed by atoms with E-state index in [1.165, 1.54) is 0 Å². The lowest BCUT2D eigenvalue weighted by Gasteiger charge is -2.36. The van der Waals surface area contributed by atoms with Gasteiger partial charge in [0.1, 0.15) is 34.9 Å². The number of hydrogen-bond acceptors (Lipinski definition) is 9. The second-order valence-electron chi connectivity index (χ2n) is 21.3. The highest BCUT2D eigenvalue weighted by atomic mass is 19.1. The van der Waals surface area contributed by atoms with Crippen molar-refractivity contribution >= 4 is 33.7 Å². The molecule has 12 heteroatoms.